The van der Waals surface area contributed by atoms with Crippen molar-refractivity contribution in [2.45, 2.75) is 13.0 Å². The third-order valence-corrected chi connectivity index (χ3v) is 3.08. The molecule has 98 valence electrons. The highest BCUT2D eigenvalue weighted by molar-refractivity contribution is 7.37. The molecule has 0 aliphatic carbocycles. The van der Waals surface area contributed by atoms with Crippen LogP contribution in [0.5, 0.6) is 11.5 Å². The first-order valence-corrected chi connectivity index (χ1v) is 6.38. The van der Waals surface area contributed by atoms with E-state index in [0.29, 0.717) is 11.5 Å². The molecule has 1 aromatic rings. The molecule has 0 spiro atoms. The molecule has 1 N–H and O–H groups in total. The minimum absolute atomic E-state index is 0.418. The summed E-state index contributed by atoms with van der Waals surface area (Å²) in [6.45, 7) is 1.54. The van der Waals surface area contributed by atoms with E-state index < -0.39 is 20.2 Å². The van der Waals surface area contributed by atoms with Crippen molar-refractivity contribution in [3.05, 3.63) is 24.3 Å². The topological polar surface area (TPSA) is 73.9 Å². The standard InChI is InChI=1S/C11H15NO5P/c1-8(11(13)16-3)12-18(14)17-10-6-4-9(15-2)5-7-10/h4-8H,1-3H3,(H,12,14)/q+1/t8-/m0/s1. The van der Waals surface area contributed by atoms with Gasteiger partial charge < -0.3 is 9.47 Å². The van der Waals surface area contributed by atoms with Crippen LogP contribution in [0.1, 0.15) is 6.92 Å². The van der Waals surface area contributed by atoms with E-state index in [9.17, 15) is 9.36 Å². The predicted molar refractivity (Wildman–Crippen MR) is 65.8 cm³/mol. The number of hydrogen-bond acceptors (Lipinski definition) is 5. The van der Waals surface area contributed by atoms with Crippen LogP contribution in [0.2, 0.25) is 0 Å². The van der Waals surface area contributed by atoms with Crippen molar-refractivity contribution in [2.75, 3.05) is 14.2 Å². The first-order valence-electron chi connectivity index (χ1n) is 5.20. The first-order chi connectivity index (χ1) is 8.56. The predicted octanol–water partition coefficient (Wildman–Crippen LogP) is 1.88. The monoisotopic (exact) mass is 272 g/mol. The minimum atomic E-state index is -2.19. The molecule has 0 radical (unpaired) electrons. The molecule has 7 heteroatoms. The molecular weight excluding hydrogens is 257 g/mol. The van der Waals surface area contributed by atoms with E-state index in [1.165, 1.54) is 14.0 Å². The van der Waals surface area contributed by atoms with Gasteiger partial charge in [-0.15, -0.1) is 0 Å². The summed E-state index contributed by atoms with van der Waals surface area (Å²) in [5.74, 6) is 0.589. The molecule has 6 nitrogen and oxygen atoms in total. The SMILES string of the molecule is COC(=O)[C@H](C)N[P+](=O)Oc1ccc(OC)cc1. The molecule has 0 amide bonds. The fourth-order valence-electron chi connectivity index (χ4n) is 1.15. The number of hydrogen-bond donors (Lipinski definition) is 1. The molecule has 1 unspecified atom stereocenters. The minimum Gasteiger partial charge on any atom is -0.497 e. The zero-order valence-electron chi connectivity index (χ0n) is 10.4. The molecule has 0 heterocycles. The smallest absolute Gasteiger partial charge is 0.497 e. The van der Waals surface area contributed by atoms with Gasteiger partial charge in [-0.3, -0.25) is 4.79 Å². The fourth-order valence-corrected chi connectivity index (χ4v) is 1.93. The Bertz CT molecular complexity index is 420. The summed E-state index contributed by atoms with van der Waals surface area (Å²) in [7, 11) is 0.623. The van der Waals surface area contributed by atoms with Gasteiger partial charge in [0.2, 0.25) is 0 Å². The maximum atomic E-state index is 11.6. The van der Waals surface area contributed by atoms with Crippen molar-refractivity contribution in [3.63, 3.8) is 0 Å². The number of carbonyl (C=O) groups is 1. The van der Waals surface area contributed by atoms with Crippen molar-refractivity contribution in [2.24, 2.45) is 0 Å². The number of nitrogens with one attached hydrogen (secondary N) is 1. The van der Waals surface area contributed by atoms with E-state index in [1.807, 2.05) is 0 Å². The molecule has 1 aromatic carbocycles. The molecule has 18 heavy (non-hydrogen) atoms. The van der Waals surface area contributed by atoms with E-state index in [2.05, 4.69) is 9.82 Å². The Labute approximate surface area is 106 Å². The van der Waals surface area contributed by atoms with E-state index in [1.54, 1.807) is 31.4 Å². The number of benzene rings is 1. The van der Waals surface area contributed by atoms with Crippen LogP contribution in [0.3, 0.4) is 0 Å². The normalized spacial score (nSPS) is 12.5. The lowest BCUT2D eigenvalue weighted by Gasteiger charge is -2.03. The lowest BCUT2D eigenvalue weighted by Crippen LogP contribution is -2.30. The summed E-state index contributed by atoms with van der Waals surface area (Å²) in [6, 6.07) is 5.91. The maximum absolute atomic E-state index is 11.6. The summed E-state index contributed by atoms with van der Waals surface area (Å²) < 4.78 is 26.2. The van der Waals surface area contributed by atoms with E-state index in [-0.39, 0.29) is 0 Å². The van der Waals surface area contributed by atoms with E-state index >= 15 is 0 Å². The van der Waals surface area contributed by atoms with Crippen LogP contribution in [-0.4, -0.2) is 26.2 Å². The van der Waals surface area contributed by atoms with Crippen LogP contribution >= 0.6 is 8.18 Å². The lowest BCUT2D eigenvalue weighted by molar-refractivity contribution is -0.142. The van der Waals surface area contributed by atoms with Crippen molar-refractivity contribution < 1.29 is 23.4 Å². The zero-order valence-corrected chi connectivity index (χ0v) is 11.3. The first kappa shape index (κ1) is 14.4. The second-order valence-electron chi connectivity index (χ2n) is 3.40. The fraction of sp³-hybridized carbons (Fsp3) is 0.364. The van der Waals surface area contributed by atoms with Gasteiger partial charge in [0, 0.05) is 4.57 Å². The van der Waals surface area contributed by atoms with Crippen LogP contribution in [0, 0.1) is 0 Å². The Morgan fingerprint density at radius 3 is 2.28 bits per heavy atom. The van der Waals surface area contributed by atoms with Crippen molar-refractivity contribution in [1.82, 2.24) is 5.09 Å². The number of carbonyl (C=O) groups excluding carboxylic acids is 1. The lowest BCUT2D eigenvalue weighted by atomic mass is 10.3. The molecule has 2 atom stereocenters. The molecule has 0 aliphatic rings. The Balaban J connectivity index is 2.51. The van der Waals surface area contributed by atoms with Gasteiger partial charge in [-0.05, 0) is 31.2 Å². The molecular formula is C11H15NO5P+. The Morgan fingerprint density at radius 1 is 1.22 bits per heavy atom. The zero-order chi connectivity index (χ0) is 13.5. The summed E-state index contributed by atoms with van der Waals surface area (Å²) in [5.41, 5.74) is 0. The molecule has 0 aromatic heterocycles. The molecule has 0 aliphatic heterocycles. The van der Waals surface area contributed by atoms with Gasteiger partial charge in [0.25, 0.3) is 0 Å². The van der Waals surface area contributed by atoms with Crippen LogP contribution in [0.15, 0.2) is 24.3 Å². The van der Waals surface area contributed by atoms with Gasteiger partial charge in [0.05, 0.1) is 14.2 Å². The second kappa shape index (κ2) is 6.93. The quantitative estimate of drug-likeness (QED) is 0.629. The van der Waals surface area contributed by atoms with E-state index in [0.717, 1.165) is 0 Å². The van der Waals surface area contributed by atoms with Gasteiger partial charge in [0.15, 0.2) is 5.75 Å². The summed E-state index contributed by atoms with van der Waals surface area (Å²) >= 11 is 0. The average molecular weight is 272 g/mol. The number of rotatable bonds is 6. The van der Waals surface area contributed by atoms with Gasteiger partial charge in [-0.1, -0.05) is 5.09 Å². The summed E-state index contributed by atoms with van der Waals surface area (Å²) in [5, 5.41) is 2.49. The highest BCUT2D eigenvalue weighted by atomic mass is 31.1. The van der Waals surface area contributed by atoms with E-state index in [4.69, 9.17) is 9.26 Å². The molecule has 0 fully saturated rings. The highest BCUT2D eigenvalue weighted by Crippen LogP contribution is 2.25. The molecule has 0 bridgehead atoms. The maximum Gasteiger partial charge on any atom is 0.664 e. The molecule has 0 saturated heterocycles. The Kier molecular flexibility index (Phi) is 5.55. The largest absolute Gasteiger partial charge is 0.664 e. The van der Waals surface area contributed by atoms with Crippen LogP contribution in [0.4, 0.5) is 0 Å². The summed E-state index contributed by atoms with van der Waals surface area (Å²) in [4.78, 5) is 11.1. The van der Waals surface area contributed by atoms with Gasteiger partial charge in [-0.2, -0.15) is 0 Å². The Hall–Kier alpha value is -1.65. The number of ether oxygens (including phenoxy) is 2. The van der Waals surface area contributed by atoms with Gasteiger partial charge in [0.1, 0.15) is 11.8 Å². The van der Waals surface area contributed by atoms with Crippen LogP contribution in [0.25, 0.3) is 0 Å². The average Bonchev–Trinajstić information content (AvgIpc) is 2.38. The number of methoxy groups -OCH3 is 2. The van der Waals surface area contributed by atoms with Gasteiger partial charge in [-0.25, -0.2) is 4.52 Å². The highest BCUT2D eigenvalue weighted by Gasteiger charge is 2.27. The van der Waals surface area contributed by atoms with Crippen molar-refractivity contribution in [1.29, 1.82) is 0 Å². The second-order valence-corrected chi connectivity index (χ2v) is 4.35. The number of esters is 1. The van der Waals surface area contributed by atoms with Crippen LogP contribution in [-0.2, 0) is 14.1 Å². The van der Waals surface area contributed by atoms with Crippen molar-refractivity contribution in [3.8, 4) is 11.5 Å². The molecule has 0 saturated carbocycles. The third kappa shape index (κ3) is 4.31. The van der Waals surface area contributed by atoms with Crippen molar-refractivity contribution >= 4 is 14.1 Å². The third-order valence-electron chi connectivity index (χ3n) is 2.10. The van der Waals surface area contributed by atoms with Gasteiger partial charge >= 0.3 is 14.1 Å². The molecule has 1 rings (SSSR count). The Morgan fingerprint density at radius 2 is 1.78 bits per heavy atom. The van der Waals surface area contributed by atoms with Crippen LogP contribution < -0.4 is 14.3 Å². The summed E-state index contributed by atoms with van der Waals surface area (Å²) in [6.07, 6.45) is 0.